The third-order valence-corrected chi connectivity index (χ3v) is 4.00. The van der Waals surface area contributed by atoms with Gasteiger partial charge in [-0.05, 0) is 42.9 Å². The van der Waals surface area contributed by atoms with Crippen molar-refractivity contribution in [2.24, 2.45) is 11.8 Å². The zero-order valence-electron chi connectivity index (χ0n) is 10.1. The summed E-state index contributed by atoms with van der Waals surface area (Å²) < 4.78 is 19.8. The molecule has 0 atom stereocenters. The minimum Gasteiger partial charge on any atom is -0.490 e. The molecule has 0 aliphatic heterocycles. The number of hydrogen-bond donors (Lipinski definition) is 0. The molecule has 1 nitrogen and oxygen atoms in total. The van der Waals surface area contributed by atoms with Crippen LogP contribution in [0.2, 0.25) is 0 Å². The van der Waals surface area contributed by atoms with Crippen molar-refractivity contribution in [2.45, 2.75) is 32.6 Å². The molecular weight excluding hydrogens is 283 g/mol. The highest BCUT2D eigenvalue weighted by molar-refractivity contribution is 9.10. The molecule has 1 aromatic carbocycles. The van der Waals surface area contributed by atoms with Gasteiger partial charge in [0.15, 0.2) is 11.6 Å². The fraction of sp³-hybridized carbons (Fsp3) is 0.571. The molecule has 0 unspecified atom stereocenters. The van der Waals surface area contributed by atoms with E-state index in [9.17, 15) is 4.39 Å². The van der Waals surface area contributed by atoms with Crippen LogP contribution in [0.25, 0.3) is 0 Å². The van der Waals surface area contributed by atoms with Gasteiger partial charge in [0.1, 0.15) is 0 Å². The quantitative estimate of drug-likeness (QED) is 0.779. The molecule has 2 rings (SSSR count). The summed E-state index contributed by atoms with van der Waals surface area (Å²) in [7, 11) is 0. The first-order valence-corrected chi connectivity index (χ1v) is 7.02. The standard InChI is InChI=1S/C14H18BrFO/c1-10-2-4-11(5-3-10)9-17-14-7-6-12(15)8-13(14)16/h6-8,10-11H,2-5,9H2,1H3. The SMILES string of the molecule is CC1CCC(COc2ccc(Br)cc2F)CC1. The van der Waals surface area contributed by atoms with Crippen LogP contribution in [0.4, 0.5) is 4.39 Å². The van der Waals surface area contributed by atoms with Crippen molar-refractivity contribution < 1.29 is 9.13 Å². The van der Waals surface area contributed by atoms with Gasteiger partial charge in [-0.2, -0.15) is 0 Å². The Labute approximate surface area is 110 Å². The second kappa shape index (κ2) is 5.85. The van der Waals surface area contributed by atoms with Gasteiger partial charge < -0.3 is 4.74 Å². The highest BCUT2D eigenvalue weighted by Gasteiger charge is 2.19. The second-order valence-electron chi connectivity index (χ2n) is 5.01. The topological polar surface area (TPSA) is 9.23 Å². The Bertz CT molecular complexity index is 372. The molecule has 0 radical (unpaired) electrons. The van der Waals surface area contributed by atoms with E-state index in [2.05, 4.69) is 22.9 Å². The number of benzene rings is 1. The molecule has 0 spiro atoms. The summed E-state index contributed by atoms with van der Waals surface area (Å²) in [5.41, 5.74) is 0. The van der Waals surface area contributed by atoms with Gasteiger partial charge in [0.05, 0.1) is 6.61 Å². The molecule has 17 heavy (non-hydrogen) atoms. The monoisotopic (exact) mass is 300 g/mol. The largest absolute Gasteiger partial charge is 0.490 e. The molecule has 94 valence electrons. The van der Waals surface area contributed by atoms with Gasteiger partial charge in [0.25, 0.3) is 0 Å². The molecule has 3 heteroatoms. The highest BCUT2D eigenvalue weighted by atomic mass is 79.9. The van der Waals surface area contributed by atoms with Crippen molar-refractivity contribution in [1.29, 1.82) is 0 Å². The van der Waals surface area contributed by atoms with E-state index < -0.39 is 0 Å². The predicted molar refractivity (Wildman–Crippen MR) is 70.7 cm³/mol. The average Bonchev–Trinajstić information content (AvgIpc) is 2.30. The number of ether oxygens (including phenoxy) is 1. The molecular formula is C14H18BrFO. The molecule has 1 fully saturated rings. The van der Waals surface area contributed by atoms with Gasteiger partial charge in [0, 0.05) is 4.47 Å². The zero-order chi connectivity index (χ0) is 12.3. The summed E-state index contributed by atoms with van der Waals surface area (Å²) >= 11 is 3.24. The minimum atomic E-state index is -0.288. The van der Waals surface area contributed by atoms with E-state index in [1.54, 1.807) is 12.1 Å². The summed E-state index contributed by atoms with van der Waals surface area (Å²) in [5.74, 6) is 1.51. The molecule has 0 aromatic heterocycles. The van der Waals surface area contributed by atoms with Crippen molar-refractivity contribution in [3.63, 3.8) is 0 Å². The number of halogens is 2. The number of rotatable bonds is 3. The summed E-state index contributed by atoms with van der Waals surface area (Å²) in [4.78, 5) is 0. The fourth-order valence-electron chi connectivity index (χ4n) is 2.30. The van der Waals surface area contributed by atoms with E-state index in [1.165, 1.54) is 31.7 Å². The normalized spacial score (nSPS) is 24.6. The van der Waals surface area contributed by atoms with Crippen LogP contribution in [0.15, 0.2) is 22.7 Å². The first kappa shape index (κ1) is 12.9. The Balaban J connectivity index is 1.85. The van der Waals surface area contributed by atoms with Crippen LogP contribution in [0, 0.1) is 17.7 Å². The van der Waals surface area contributed by atoms with Crippen LogP contribution in [-0.2, 0) is 0 Å². The highest BCUT2D eigenvalue weighted by Crippen LogP contribution is 2.29. The van der Waals surface area contributed by atoms with Crippen LogP contribution < -0.4 is 4.74 Å². The summed E-state index contributed by atoms with van der Waals surface area (Å²) in [6.45, 7) is 2.94. The smallest absolute Gasteiger partial charge is 0.166 e. The summed E-state index contributed by atoms with van der Waals surface area (Å²) in [6, 6.07) is 4.94. The van der Waals surface area contributed by atoms with Gasteiger partial charge in [-0.1, -0.05) is 35.7 Å². The van der Waals surface area contributed by atoms with E-state index in [4.69, 9.17) is 4.74 Å². The number of hydrogen-bond acceptors (Lipinski definition) is 1. The molecule has 1 aliphatic carbocycles. The van der Waals surface area contributed by atoms with Crippen LogP contribution in [0.3, 0.4) is 0 Å². The molecule has 0 N–H and O–H groups in total. The zero-order valence-corrected chi connectivity index (χ0v) is 11.7. The summed E-state index contributed by atoms with van der Waals surface area (Å²) in [5, 5.41) is 0. The molecule has 1 aliphatic rings. The Kier molecular flexibility index (Phi) is 4.43. The van der Waals surface area contributed by atoms with E-state index in [0.29, 0.717) is 18.3 Å². The molecule has 0 amide bonds. The first-order chi connectivity index (χ1) is 8.15. The summed E-state index contributed by atoms with van der Waals surface area (Å²) in [6.07, 6.45) is 4.96. The lowest BCUT2D eigenvalue weighted by atomic mass is 9.83. The van der Waals surface area contributed by atoms with Crippen molar-refractivity contribution in [1.82, 2.24) is 0 Å². The van der Waals surface area contributed by atoms with E-state index in [1.807, 2.05) is 0 Å². The maximum atomic E-state index is 13.5. The van der Waals surface area contributed by atoms with Crippen LogP contribution >= 0.6 is 15.9 Å². The molecule has 1 aromatic rings. The second-order valence-corrected chi connectivity index (χ2v) is 5.93. The van der Waals surface area contributed by atoms with Gasteiger partial charge >= 0.3 is 0 Å². The Morgan fingerprint density at radius 3 is 2.65 bits per heavy atom. The van der Waals surface area contributed by atoms with Crippen LogP contribution in [0.1, 0.15) is 32.6 Å². The van der Waals surface area contributed by atoms with E-state index in [-0.39, 0.29) is 5.82 Å². The fourth-order valence-corrected chi connectivity index (χ4v) is 2.63. The van der Waals surface area contributed by atoms with Gasteiger partial charge in [-0.15, -0.1) is 0 Å². The molecule has 1 saturated carbocycles. The average molecular weight is 301 g/mol. The van der Waals surface area contributed by atoms with E-state index in [0.717, 1.165) is 10.4 Å². The lowest BCUT2D eigenvalue weighted by Crippen LogP contribution is -2.19. The van der Waals surface area contributed by atoms with Crippen LogP contribution in [0.5, 0.6) is 5.75 Å². The van der Waals surface area contributed by atoms with Crippen molar-refractivity contribution >= 4 is 15.9 Å². The minimum absolute atomic E-state index is 0.288. The van der Waals surface area contributed by atoms with Crippen molar-refractivity contribution in [3.05, 3.63) is 28.5 Å². The molecule has 0 bridgehead atoms. The Morgan fingerprint density at radius 2 is 2.00 bits per heavy atom. The predicted octanol–water partition coefficient (Wildman–Crippen LogP) is 4.79. The third-order valence-electron chi connectivity index (χ3n) is 3.50. The third kappa shape index (κ3) is 3.70. The molecule has 0 heterocycles. The molecule has 0 saturated heterocycles. The van der Waals surface area contributed by atoms with E-state index >= 15 is 0 Å². The Morgan fingerprint density at radius 1 is 1.29 bits per heavy atom. The van der Waals surface area contributed by atoms with Gasteiger partial charge in [-0.25, -0.2) is 4.39 Å². The lowest BCUT2D eigenvalue weighted by Gasteiger charge is -2.26. The Hall–Kier alpha value is -0.570. The van der Waals surface area contributed by atoms with Crippen LogP contribution in [-0.4, -0.2) is 6.61 Å². The van der Waals surface area contributed by atoms with Crippen molar-refractivity contribution in [2.75, 3.05) is 6.61 Å². The first-order valence-electron chi connectivity index (χ1n) is 6.23. The van der Waals surface area contributed by atoms with Gasteiger partial charge in [-0.3, -0.25) is 0 Å². The van der Waals surface area contributed by atoms with Crippen molar-refractivity contribution in [3.8, 4) is 5.75 Å². The van der Waals surface area contributed by atoms with Gasteiger partial charge in [0.2, 0.25) is 0 Å². The maximum absolute atomic E-state index is 13.5. The lowest BCUT2D eigenvalue weighted by molar-refractivity contribution is 0.183. The maximum Gasteiger partial charge on any atom is 0.166 e.